The van der Waals surface area contributed by atoms with Gasteiger partial charge < -0.3 is 20.3 Å². The minimum Gasteiger partial charge on any atom is -0.493 e. The molecule has 0 amide bonds. The summed E-state index contributed by atoms with van der Waals surface area (Å²) in [6.45, 7) is 3.26. The standard InChI is InChI=1S/C15H17N3O4/c1-8-12(14(19)20)13(18-15(16)17-8)9(2)22-11-7-5-4-6-10(11)21-3/h4-7,9H,1-3H3,(H,19,20)(H2,16,17,18). The summed E-state index contributed by atoms with van der Waals surface area (Å²) in [5.74, 6) is -0.0791. The molecular weight excluding hydrogens is 286 g/mol. The van der Waals surface area contributed by atoms with Crippen molar-refractivity contribution >= 4 is 11.9 Å². The smallest absolute Gasteiger partial charge is 0.339 e. The number of aromatic carboxylic acids is 1. The Labute approximate surface area is 127 Å². The predicted octanol–water partition coefficient (Wildman–Crippen LogP) is 2.21. The summed E-state index contributed by atoms with van der Waals surface area (Å²) in [7, 11) is 1.53. The molecule has 0 aliphatic rings. The van der Waals surface area contributed by atoms with Crippen LogP contribution in [0.4, 0.5) is 5.95 Å². The number of nitrogens with two attached hydrogens (primary N) is 1. The number of carbonyl (C=O) groups is 1. The van der Waals surface area contributed by atoms with Crippen LogP contribution in [0, 0.1) is 6.92 Å². The Bertz CT molecular complexity index is 703. The van der Waals surface area contributed by atoms with E-state index in [0.29, 0.717) is 17.2 Å². The van der Waals surface area contributed by atoms with E-state index in [1.54, 1.807) is 32.0 Å². The Morgan fingerprint density at radius 3 is 2.50 bits per heavy atom. The lowest BCUT2D eigenvalue weighted by atomic mass is 10.1. The number of nitrogen functional groups attached to an aromatic ring is 1. The van der Waals surface area contributed by atoms with Gasteiger partial charge in [-0.3, -0.25) is 0 Å². The summed E-state index contributed by atoms with van der Waals surface area (Å²) in [5.41, 5.74) is 6.14. The molecule has 1 atom stereocenters. The molecule has 0 fully saturated rings. The fourth-order valence-electron chi connectivity index (χ4n) is 2.14. The van der Waals surface area contributed by atoms with Crippen LogP contribution in [0.15, 0.2) is 24.3 Å². The van der Waals surface area contributed by atoms with Gasteiger partial charge in [0.1, 0.15) is 17.4 Å². The molecule has 116 valence electrons. The monoisotopic (exact) mass is 303 g/mol. The first kappa shape index (κ1) is 15.6. The van der Waals surface area contributed by atoms with Crippen molar-refractivity contribution in [3.05, 3.63) is 41.2 Å². The first-order valence-electron chi connectivity index (χ1n) is 6.61. The lowest BCUT2D eigenvalue weighted by molar-refractivity contribution is 0.0689. The molecule has 0 saturated heterocycles. The number of rotatable bonds is 5. The molecule has 2 rings (SSSR count). The molecule has 0 aliphatic carbocycles. The average molecular weight is 303 g/mol. The number of methoxy groups -OCH3 is 1. The lowest BCUT2D eigenvalue weighted by Gasteiger charge is -2.18. The third-order valence-electron chi connectivity index (χ3n) is 3.11. The van der Waals surface area contributed by atoms with Gasteiger partial charge in [0, 0.05) is 0 Å². The van der Waals surface area contributed by atoms with E-state index in [1.807, 2.05) is 6.07 Å². The van der Waals surface area contributed by atoms with Crippen molar-refractivity contribution in [1.29, 1.82) is 0 Å². The van der Waals surface area contributed by atoms with Crippen molar-refractivity contribution < 1.29 is 19.4 Å². The highest BCUT2D eigenvalue weighted by Gasteiger charge is 2.23. The molecule has 7 heteroatoms. The third kappa shape index (κ3) is 3.08. The quantitative estimate of drug-likeness (QED) is 0.871. The van der Waals surface area contributed by atoms with Crippen molar-refractivity contribution in [2.75, 3.05) is 12.8 Å². The highest BCUT2D eigenvalue weighted by molar-refractivity contribution is 5.90. The van der Waals surface area contributed by atoms with Gasteiger partial charge in [-0.25, -0.2) is 14.8 Å². The molecule has 22 heavy (non-hydrogen) atoms. The second-order valence-corrected chi connectivity index (χ2v) is 4.64. The van der Waals surface area contributed by atoms with E-state index in [2.05, 4.69) is 9.97 Å². The summed E-state index contributed by atoms with van der Waals surface area (Å²) in [6.07, 6.45) is -0.633. The number of carboxylic acids is 1. The molecular formula is C15H17N3O4. The Balaban J connectivity index is 2.41. The maximum absolute atomic E-state index is 11.4. The number of anilines is 1. The van der Waals surface area contributed by atoms with Gasteiger partial charge in [0.15, 0.2) is 11.5 Å². The van der Waals surface area contributed by atoms with E-state index < -0.39 is 12.1 Å². The van der Waals surface area contributed by atoms with Gasteiger partial charge in [-0.1, -0.05) is 12.1 Å². The summed E-state index contributed by atoms with van der Waals surface area (Å²) in [6, 6.07) is 7.08. The van der Waals surface area contributed by atoms with Crippen LogP contribution in [0.25, 0.3) is 0 Å². The number of hydrogen-bond donors (Lipinski definition) is 2. The van der Waals surface area contributed by atoms with Crippen LogP contribution in [0.1, 0.15) is 34.8 Å². The van der Waals surface area contributed by atoms with Crippen LogP contribution in [0.5, 0.6) is 11.5 Å². The van der Waals surface area contributed by atoms with E-state index in [4.69, 9.17) is 15.2 Å². The zero-order valence-corrected chi connectivity index (χ0v) is 12.5. The van der Waals surface area contributed by atoms with Crippen molar-refractivity contribution in [3.8, 4) is 11.5 Å². The van der Waals surface area contributed by atoms with E-state index in [-0.39, 0.29) is 17.2 Å². The summed E-state index contributed by atoms with van der Waals surface area (Å²) in [4.78, 5) is 19.3. The molecule has 2 aromatic rings. The van der Waals surface area contributed by atoms with E-state index in [1.165, 1.54) is 7.11 Å². The summed E-state index contributed by atoms with van der Waals surface area (Å²) >= 11 is 0. The highest BCUT2D eigenvalue weighted by Crippen LogP contribution is 2.31. The maximum atomic E-state index is 11.4. The van der Waals surface area contributed by atoms with E-state index in [0.717, 1.165) is 0 Å². The summed E-state index contributed by atoms with van der Waals surface area (Å²) < 4.78 is 11.0. The zero-order valence-electron chi connectivity index (χ0n) is 12.5. The molecule has 0 aliphatic heterocycles. The Kier molecular flexibility index (Phi) is 4.45. The largest absolute Gasteiger partial charge is 0.493 e. The molecule has 0 bridgehead atoms. The number of aromatic nitrogens is 2. The zero-order chi connectivity index (χ0) is 16.3. The van der Waals surface area contributed by atoms with Crippen molar-refractivity contribution in [2.24, 2.45) is 0 Å². The van der Waals surface area contributed by atoms with Crippen molar-refractivity contribution in [3.63, 3.8) is 0 Å². The van der Waals surface area contributed by atoms with Crippen LogP contribution in [0.3, 0.4) is 0 Å². The average Bonchev–Trinajstić information content (AvgIpc) is 2.46. The van der Waals surface area contributed by atoms with Crippen molar-refractivity contribution in [2.45, 2.75) is 20.0 Å². The Morgan fingerprint density at radius 2 is 1.91 bits per heavy atom. The van der Waals surface area contributed by atoms with E-state index >= 15 is 0 Å². The number of benzene rings is 1. The second-order valence-electron chi connectivity index (χ2n) is 4.64. The number of aryl methyl sites for hydroxylation is 1. The number of carboxylic acid groups (broad SMARTS) is 1. The first-order chi connectivity index (χ1) is 10.4. The predicted molar refractivity (Wildman–Crippen MR) is 80.2 cm³/mol. The Hall–Kier alpha value is -2.83. The fraction of sp³-hybridized carbons (Fsp3) is 0.267. The molecule has 0 saturated carbocycles. The van der Waals surface area contributed by atoms with Gasteiger partial charge in [0.25, 0.3) is 0 Å². The van der Waals surface area contributed by atoms with Crippen LogP contribution in [-0.2, 0) is 0 Å². The second kappa shape index (κ2) is 6.30. The van der Waals surface area contributed by atoms with Gasteiger partial charge in [-0.05, 0) is 26.0 Å². The molecule has 1 unspecified atom stereocenters. The number of ether oxygens (including phenoxy) is 2. The Morgan fingerprint density at radius 1 is 1.27 bits per heavy atom. The molecule has 1 aromatic heterocycles. The molecule has 0 spiro atoms. The van der Waals surface area contributed by atoms with Gasteiger partial charge in [0.05, 0.1) is 12.8 Å². The minimum absolute atomic E-state index is 0.00315. The van der Waals surface area contributed by atoms with Gasteiger partial charge in [0.2, 0.25) is 5.95 Å². The molecule has 1 aromatic carbocycles. The first-order valence-corrected chi connectivity index (χ1v) is 6.61. The molecule has 7 nitrogen and oxygen atoms in total. The highest BCUT2D eigenvalue weighted by atomic mass is 16.5. The lowest BCUT2D eigenvalue weighted by Crippen LogP contribution is -2.17. The number of para-hydroxylation sites is 2. The number of nitrogens with zero attached hydrogens (tertiary/aromatic N) is 2. The molecule has 1 heterocycles. The normalized spacial score (nSPS) is 11.8. The molecule has 0 radical (unpaired) electrons. The number of hydrogen-bond acceptors (Lipinski definition) is 6. The van der Waals surface area contributed by atoms with E-state index in [9.17, 15) is 9.90 Å². The van der Waals surface area contributed by atoms with Gasteiger partial charge in [-0.15, -0.1) is 0 Å². The van der Waals surface area contributed by atoms with Gasteiger partial charge in [-0.2, -0.15) is 0 Å². The third-order valence-corrected chi connectivity index (χ3v) is 3.11. The fourth-order valence-corrected chi connectivity index (χ4v) is 2.14. The van der Waals surface area contributed by atoms with Crippen LogP contribution in [-0.4, -0.2) is 28.2 Å². The molecule has 3 N–H and O–H groups in total. The van der Waals surface area contributed by atoms with Gasteiger partial charge >= 0.3 is 5.97 Å². The SMILES string of the molecule is COc1ccccc1OC(C)c1nc(N)nc(C)c1C(=O)O. The van der Waals surface area contributed by atoms with Crippen LogP contribution >= 0.6 is 0 Å². The van der Waals surface area contributed by atoms with Crippen LogP contribution < -0.4 is 15.2 Å². The topological polar surface area (TPSA) is 108 Å². The van der Waals surface area contributed by atoms with Crippen molar-refractivity contribution in [1.82, 2.24) is 9.97 Å². The summed E-state index contributed by atoms with van der Waals surface area (Å²) in [5, 5.41) is 9.35. The maximum Gasteiger partial charge on any atom is 0.339 e. The minimum atomic E-state index is -1.12. The van der Waals surface area contributed by atoms with Crippen LogP contribution in [0.2, 0.25) is 0 Å².